The van der Waals surface area contributed by atoms with Gasteiger partial charge in [-0.2, -0.15) is 0 Å². The fourth-order valence-corrected chi connectivity index (χ4v) is 1.62. The van der Waals surface area contributed by atoms with Gasteiger partial charge in [-0.25, -0.2) is 4.79 Å². The molecule has 23 heavy (non-hydrogen) atoms. The van der Waals surface area contributed by atoms with Crippen molar-refractivity contribution in [3.8, 4) is 0 Å². The van der Waals surface area contributed by atoms with E-state index in [1.807, 2.05) is 0 Å². The minimum absolute atomic E-state index is 0.265. The Balaban J connectivity index is 4.80. The number of aliphatic carboxylic acids is 1. The molecule has 0 radical (unpaired) electrons. The lowest BCUT2D eigenvalue weighted by Gasteiger charge is -2.25. The molecule has 0 heterocycles. The van der Waals surface area contributed by atoms with E-state index in [-0.39, 0.29) is 19.0 Å². The first-order valence-corrected chi connectivity index (χ1v) is 7.16. The number of hydrogen-bond acceptors (Lipinski definition) is 6. The fraction of sp³-hybridized carbons (Fsp3) is 0.692. The number of aliphatic hydroxyl groups excluding tert-OH is 1. The minimum Gasteiger partial charge on any atom is -0.480 e. The second-order valence-electron chi connectivity index (χ2n) is 4.99. The molecule has 0 aliphatic carbocycles. The van der Waals surface area contributed by atoms with Crippen molar-refractivity contribution < 1.29 is 29.4 Å². The van der Waals surface area contributed by atoms with Crippen molar-refractivity contribution in [2.75, 3.05) is 19.7 Å². The third-order valence-corrected chi connectivity index (χ3v) is 3.24. The lowest BCUT2D eigenvalue weighted by atomic mass is 9.98. The van der Waals surface area contributed by atoms with E-state index in [2.05, 4.69) is 16.0 Å². The number of amides is 3. The molecule has 10 heteroatoms. The number of carboxylic acid groups (broad SMARTS) is 1. The summed E-state index contributed by atoms with van der Waals surface area (Å²) in [7, 11) is 0. The highest BCUT2D eigenvalue weighted by Gasteiger charge is 2.29. The Morgan fingerprint density at radius 3 is 2.17 bits per heavy atom. The van der Waals surface area contributed by atoms with Crippen LogP contribution < -0.4 is 21.7 Å². The summed E-state index contributed by atoms with van der Waals surface area (Å²) in [6.45, 7) is 2.12. The molecule has 3 unspecified atom stereocenters. The van der Waals surface area contributed by atoms with Gasteiger partial charge < -0.3 is 31.9 Å². The topological polar surface area (TPSA) is 171 Å². The van der Waals surface area contributed by atoms with Gasteiger partial charge in [-0.15, -0.1) is 0 Å². The van der Waals surface area contributed by atoms with E-state index in [0.717, 1.165) is 0 Å². The Morgan fingerprint density at radius 2 is 1.74 bits per heavy atom. The summed E-state index contributed by atoms with van der Waals surface area (Å²) in [5, 5.41) is 24.6. The molecule has 0 rings (SSSR count). The maximum Gasteiger partial charge on any atom is 0.328 e. The number of carboxylic acids is 1. The second kappa shape index (κ2) is 10.5. The van der Waals surface area contributed by atoms with E-state index in [1.54, 1.807) is 13.8 Å². The SMILES string of the molecule is CCC(C)C(NC(=O)CNC(=O)CN)C(=O)NC(CO)C(=O)O. The molecular formula is C13H24N4O6. The van der Waals surface area contributed by atoms with Crippen molar-refractivity contribution in [3.63, 3.8) is 0 Å². The van der Waals surface area contributed by atoms with Gasteiger partial charge in [-0.1, -0.05) is 20.3 Å². The molecular weight excluding hydrogens is 308 g/mol. The number of hydrogen-bond donors (Lipinski definition) is 6. The highest BCUT2D eigenvalue weighted by atomic mass is 16.4. The zero-order chi connectivity index (χ0) is 18.0. The van der Waals surface area contributed by atoms with Crippen molar-refractivity contribution in [2.24, 2.45) is 11.7 Å². The number of rotatable bonds is 10. The van der Waals surface area contributed by atoms with Gasteiger partial charge in [0.15, 0.2) is 0 Å². The summed E-state index contributed by atoms with van der Waals surface area (Å²) in [5.41, 5.74) is 5.09. The molecule has 0 aromatic carbocycles. The highest BCUT2D eigenvalue weighted by molar-refractivity contribution is 5.92. The predicted octanol–water partition coefficient (Wildman–Crippen LogP) is -2.85. The highest BCUT2D eigenvalue weighted by Crippen LogP contribution is 2.08. The summed E-state index contributed by atoms with van der Waals surface area (Å²) in [6.07, 6.45) is 0.546. The monoisotopic (exact) mass is 332 g/mol. The van der Waals surface area contributed by atoms with Crippen LogP contribution in [0.1, 0.15) is 20.3 Å². The smallest absolute Gasteiger partial charge is 0.328 e. The number of nitrogens with one attached hydrogen (secondary N) is 3. The molecule has 0 bridgehead atoms. The van der Waals surface area contributed by atoms with Crippen LogP contribution in [0.25, 0.3) is 0 Å². The van der Waals surface area contributed by atoms with Crippen LogP contribution in [-0.2, 0) is 19.2 Å². The number of aliphatic hydroxyl groups is 1. The first-order chi connectivity index (χ1) is 10.8. The van der Waals surface area contributed by atoms with E-state index >= 15 is 0 Å². The summed E-state index contributed by atoms with van der Waals surface area (Å²) in [4.78, 5) is 45.8. The molecule has 3 amide bonds. The first-order valence-electron chi connectivity index (χ1n) is 7.16. The quantitative estimate of drug-likeness (QED) is 0.250. The van der Waals surface area contributed by atoms with Crippen LogP contribution in [0.5, 0.6) is 0 Å². The molecule has 0 aromatic rings. The zero-order valence-corrected chi connectivity index (χ0v) is 13.2. The zero-order valence-electron chi connectivity index (χ0n) is 13.2. The maximum atomic E-state index is 12.1. The molecule has 132 valence electrons. The van der Waals surface area contributed by atoms with Gasteiger partial charge in [0.1, 0.15) is 12.1 Å². The number of carbonyl (C=O) groups is 4. The largest absolute Gasteiger partial charge is 0.480 e. The molecule has 0 aliphatic heterocycles. The van der Waals surface area contributed by atoms with Gasteiger partial charge in [-0.05, 0) is 5.92 Å². The Bertz CT molecular complexity index is 442. The van der Waals surface area contributed by atoms with E-state index in [4.69, 9.17) is 15.9 Å². The number of carbonyl (C=O) groups excluding carboxylic acids is 3. The molecule has 10 nitrogen and oxygen atoms in total. The normalized spacial score (nSPS) is 14.3. The van der Waals surface area contributed by atoms with Gasteiger partial charge in [0.25, 0.3) is 0 Å². The minimum atomic E-state index is -1.46. The van der Waals surface area contributed by atoms with Crippen molar-refractivity contribution in [2.45, 2.75) is 32.4 Å². The first kappa shape index (κ1) is 20.8. The van der Waals surface area contributed by atoms with Crippen LogP contribution in [0.3, 0.4) is 0 Å². The van der Waals surface area contributed by atoms with Crippen LogP contribution >= 0.6 is 0 Å². The third-order valence-electron chi connectivity index (χ3n) is 3.24. The molecule has 7 N–H and O–H groups in total. The maximum absolute atomic E-state index is 12.1. The predicted molar refractivity (Wildman–Crippen MR) is 80.1 cm³/mol. The van der Waals surface area contributed by atoms with Crippen LogP contribution in [0.2, 0.25) is 0 Å². The van der Waals surface area contributed by atoms with Crippen LogP contribution in [-0.4, -0.2) is 65.7 Å². The molecule has 0 aliphatic rings. The van der Waals surface area contributed by atoms with Crippen molar-refractivity contribution >= 4 is 23.7 Å². The average Bonchev–Trinajstić information content (AvgIpc) is 2.53. The molecule has 0 aromatic heterocycles. The summed E-state index contributed by atoms with van der Waals surface area (Å²) < 4.78 is 0. The summed E-state index contributed by atoms with van der Waals surface area (Å²) in [5.74, 6) is -3.51. The van der Waals surface area contributed by atoms with E-state index < -0.39 is 42.4 Å². The molecule has 0 saturated heterocycles. The molecule has 0 fully saturated rings. The lowest BCUT2D eigenvalue weighted by Crippen LogP contribution is -2.56. The van der Waals surface area contributed by atoms with Crippen LogP contribution in [0.15, 0.2) is 0 Å². The van der Waals surface area contributed by atoms with Crippen molar-refractivity contribution in [1.29, 1.82) is 0 Å². The number of nitrogens with two attached hydrogens (primary N) is 1. The van der Waals surface area contributed by atoms with E-state index in [9.17, 15) is 19.2 Å². The van der Waals surface area contributed by atoms with Crippen LogP contribution in [0, 0.1) is 5.92 Å². The average molecular weight is 332 g/mol. The van der Waals surface area contributed by atoms with Crippen molar-refractivity contribution in [3.05, 3.63) is 0 Å². The summed E-state index contributed by atoms with van der Waals surface area (Å²) in [6, 6.07) is -2.45. The third kappa shape index (κ3) is 7.56. The van der Waals surface area contributed by atoms with Gasteiger partial charge in [-0.3, -0.25) is 14.4 Å². The van der Waals surface area contributed by atoms with Crippen LogP contribution in [0.4, 0.5) is 0 Å². The molecule has 3 atom stereocenters. The molecule has 0 saturated carbocycles. The van der Waals surface area contributed by atoms with Gasteiger partial charge in [0.2, 0.25) is 17.7 Å². The van der Waals surface area contributed by atoms with E-state index in [1.165, 1.54) is 0 Å². The fourth-order valence-electron chi connectivity index (χ4n) is 1.62. The van der Waals surface area contributed by atoms with Gasteiger partial charge in [0, 0.05) is 0 Å². The van der Waals surface area contributed by atoms with E-state index in [0.29, 0.717) is 6.42 Å². The Morgan fingerprint density at radius 1 is 1.13 bits per heavy atom. The summed E-state index contributed by atoms with van der Waals surface area (Å²) >= 11 is 0. The Kier molecular flexibility index (Phi) is 9.51. The Hall–Kier alpha value is -2.20. The standard InChI is InChI=1S/C13H24N4O6/c1-3-7(2)11(12(21)16-8(6-18)13(22)23)17-10(20)5-15-9(19)4-14/h7-8,11,18H,3-6,14H2,1-2H3,(H,15,19)(H,16,21)(H,17,20)(H,22,23). The molecule has 0 spiro atoms. The Labute approximate surface area is 133 Å². The van der Waals surface area contributed by atoms with Gasteiger partial charge >= 0.3 is 5.97 Å². The van der Waals surface area contributed by atoms with Crippen molar-refractivity contribution in [1.82, 2.24) is 16.0 Å². The van der Waals surface area contributed by atoms with Gasteiger partial charge in [0.05, 0.1) is 19.7 Å². The second-order valence-corrected chi connectivity index (χ2v) is 4.99. The lowest BCUT2D eigenvalue weighted by molar-refractivity contribution is -0.143.